The van der Waals surface area contributed by atoms with Crippen LogP contribution in [-0.2, 0) is 13.0 Å². The molecule has 0 aliphatic rings. The smallest absolute Gasteiger partial charge is 0.127 e. The molecule has 2 nitrogen and oxygen atoms in total. The molecule has 1 heterocycles. The molecule has 0 bridgehead atoms. The number of nitrogens with two attached hydrogens (primary N) is 1. The fourth-order valence-electron chi connectivity index (χ4n) is 1.74. The molecule has 0 aliphatic carbocycles. The van der Waals surface area contributed by atoms with Crippen molar-refractivity contribution in [3.63, 3.8) is 0 Å². The van der Waals surface area contributed by atoms with Crippen LogP contribution in [0.1, 0.15) is 18.1 Å². The summed E-state index contributed by atoms with van der Waals surface area (Å²) in [7, 11) is 0. The normalized spacial score (nSPS) is 12.4. The van der Waals surface area contributed by atoms with E-state index in [1.54, 1.807) is 11.3 Å². The first-order valence-corrected chi connectivity index (χ1v) is 6.76. The van der Waals surface area contributed by atoms with Gasteiger partial charge in [0.2, 0.25) is 0 Å². The van der Waals surface area contributed by atoms with Crippen molar-refractivity contribution in [2.45, 2.75) is 26.0 Å². The minimum absolute atomic E-state index is 0.0107. The van der Waals surface area contributed by atoms with Crippen LogP contribution >= 0.6 is 11.3 Å². The molecule has 4 heteroatoms. The van der Waals surface area contributed by atoms with Gasteiger partial charge in [0.05, 0.1) is 0 Å². The largest absolute Gasteiger partial charge is 0.489 e. The maximum atomic E-state index is 13.4. The van der Waals surface area contributed by atoms with Crippen molar-refractivity contribution >= 4 is 11.3 Å². The first-order chi connectivity index (χ1) is 8.63. The van der Waals surface area contributed by atoms with Crippen molar-refractivity contribution in [3.8, 4) is 5.75 Å². The van der Waals surface area contributed by atoms with Crippen molar-refractivity contribution in [2.75, 3.05) is 0 Å². The Bertz CT molecular complexity index is 497. The average Bonchev–Trinajstić information content (AvgIpc) is 2.77. The standard InChI is InChI=1S/C14H16FNOS/c1-10(16)4-12-5-13(15)7-14(6-12)17-8-11-2-3-18-9-11/h2-3,5-7,9-10H,4,8,16H2,1H3. The number of thiophene rings is 1. The Morgan fingerprint density at radius 2 is 2.17 bits per heavy atom. The Labute approximate surface area is 110 Å². The van der Waals surface area contributed by atoms with Gasteiger partial charge in [-0.05, 0) is 53.4 Å². The molecular weight excluding hydrogens is 249 g/mol. The Morgan fingerprint density at radius 1 is 1.33 bits per heavy atom. The highest BCUT2D eigenvalue weighted by molar-refractivity contribution is 7.07. The monoisotopic (exact) mass is 265 g/mol. The molecule has 0 saturated heterocycles. The Hall–Kier alpha value is -1.39. The predicted octanol–water partition coefficient (Wildman–Crippen LogP) is 3.36. The fraction of sp³-hybridized carbons (Fsp3) is 0.286. The second-order valence-corrected chi connectivity index (χ2v) is 5.18. The van der Waals surface area contributed by atoms with Crippen molar-refractivity contribution in [1.82, 2.24) is 0 Å². The zero-order valence-corrected chi connectivity index (χ0v) is 11.0. The van der Waals surface area contributed by atoms with Crippen LogP contribution in [0.2, 0.25) is 0 Å². The van der Waals surface area contributed by atoms with Gasteiger partial charge in [0.15, 0.2) is 0 Å². The van der Waals surface area contributed by atoms with E-state index in [0.29, 0.717) is 18.8 Å². The van der Waals surface area contributed by atoms with Gasteiger partial charge >= 0.3 is 0 Å². The molecule has 2 N–H and O–H groups in total. The molecule has 0 fully saturated rings. The first-order valence-electron chi connectivity index (χ1n) is 5.82. The van der Waals surface area contributed by atoms with Crippen molar-refractivity contribution in [1.29, 1.82) is 0 Å². The average molecular weight is 265 g/mol. The number of hydrogen-bond donors (Lipinski definition) is 1. The van der Waals surface area contributed by atoms with Gasteiger partial charge in [0.25, 0.3) is 0 Å². The van der Waals surface area contributed by atoms with Crippen LogP contribution in [-0.4, -0.2) is 6.04 Å². The lowest BCUT2D eigenvalue weighted by molar-refractivity contribution is 0.304. The van der Waals surface area contributed by atoms with E-state index in [1.165, 1.54) is 12.1 Å². The summed E-state index contributed by atoms with van der Waals surface area (Å²) in [6.45, 7) is 2.36. The molecule has 2 rings (SSSR count). The number of ether oxygens (including phenoxy) is 1. The van der Waals surface area contributed by atoms with Crippen LogP contribution < -0.4 is 10.5 Å². The van der Waals surface area contributed by atoms with E-state index in [2.05, 4.69) is 0 Å². The summed E-state index contributed by atoms with van der Waals surface area (Å²) in [5.74, 6) is 0.269. The topological polar surface area (TPSA) is 35.2 Å². The third-order valence-electron chi connectivity index (χ3n) is 2.47. The Morgan fingerprint density at radius 3 is 2.83 bits per heavy atom. The summed E-state index contributed by atoms with van der Waals surface area (Å²) in [6.07, 6.45) is 0.645. The van der Waals surface area contributed by atoms with Crippen LogP contribution in [0, 0.1) is 5.82 Å². The van der Waals surface area contributed by atoms with Crippen LogP contribution in [0.5, 0.6) is 5.75 Å². The summed E-state index contributed by atoms with van der Waals surface area (Å²) < 4.78 is 19.0. The van der Waals surface area contributed by atoms with Gasteiger partial charge in [-0.15, -0.1) is 0 Å². The molecule has 1 atom stereocenters. The molecule has 96 valence electrons. The summed E-state index contributed by atoms with van der Waals surface area (Å²) >= 11 is 1.62. The molecule has 0 amide bonds. The van der Waals surface area contributed by atoms with E-state index in [-0.39, 0.29) is 11.9 Å². The summed E-state index contributed by atoms with van der Waals surface area (Å²) in [4.78, 5) is 0. The highest BCUT2D eigenvalue weighted by Gasteiger charge is 2.05. The third-order valence-corrected chi connectivity index (χ3v) is 3.21. The molecule has 1 aromatic heterocycles. The first kappa shape index (κ1) is 13.1. The summed E-state index contributed by atoms with van der Waals surface area (Å²) in [5, 5.41) is 4.01. The van der Waals surface area contributed by atoms with Crippen LogP contribution in [0.25, 0.3) is 0 Å². The maximum absolute atomic E-state index is 13.4. The van der Waals surface area contributed by atoms with Gasteiger partial charge in [0, 0.05) is 12.1 Å². The fourth-order valence-corrected chi connectivity index (χ4v) is 2.39. The highest BCUT2D eigenvalue weighted by atomic mass is 32.1. The molecule has 1 aromatic carbocycles. The molecule has 2 aromatic rings. The molecule has 0 spiro atoms. The third kappa shape index (κ3) is 3.82. The molecule has 0 aliphatic heterocycles. The van der Waals surface area contributed by atoms with Crippen LogP contribution in [0.4, 0.5) is 4.39 Å². The highest BCUT2D eigenvalue weighted by Crippen LogP contribution is 2.19. The van der Waals surface area contributed by atoms with Crippen LogP contribution in [0.3, 0.4) is 0 Å². The molecule has 18 heavy (non-hydrogen) atoms. The van der Waals surface area contributed by atoms with Gasteiger partial charge in [-0.25, -0.2) is 4.39 Å². The van der Waals surface area contributed by atoms with E-state index in [9.17, 15) is 4.39 Å². The van der Waals surface area contributed by atoms with Gasteiger partial charge in [-0.3, -0.25) is 0 Å². The van der Waals surface area contributed by atoms with Gasteiger partial charge in [-0.1, -0.05) is 0 Å². The van der Waals surface area contributed by atoms with E-state index in [1.807, 2.05) is 29.8 Å². The number of hydrogen-bond acceptors (Lipinski definition) is 3. The Balaban J connectivity index is 2.05. The molecule has 1 unspecified atom stereocenters. The zero-order chi connectivity index (χ0) is 13.0. The molecular formula is C14H16FNOS. The van der Waals surface area contributed by atoms with E-state index in [0.717, 1.165) is 11.1 Å². The van der Waals surface area contributed by atoms with E-state index < -0.39 is 0 Å². The lowest BCUT2D eigenvalue weighted by Gasteiger charge is -2.09. The van der Waals surface area contributed by atoms with Gasteiger partial charge < -0.3 is 10.5 Å². The lowest BCUT2D eigenvalue weighted by atomic mass is 10.1. The number of benzene rings is 1. The van der Waals surface area contributed by atoms with Crippen LogP contribution in [0.15, 0.2) is 35.0 Å². The quantitative estimate of drug-likeness (QED) is 0.899. The van der Waals surface area contributed by atoms with Crippen molar-refractivity contribution in [3.05, 3.63) is 52.0 Å². The summed E-state index contributed by atoms with van der Waals surface area (Å²) in [5.41, 5.74) is 7.68. The maximum Gasteiger partial charge on any atom is 0.127 e. The summed E-state index contributed by atoms with van der Waals surface area (Å²) in [6, 6.07) is 6.75. The van der Waals surface area contributed by atoms with Gasteiger partial charge in [0.1, 0.15) is 18.2 Å². The number of halogens is 1. The lowest BCUT2D eigenvalue weighted by Crippen LogP contribution is -2.17. The Kier molecular flexibility index (Phi) is 4.33. The van der Waals surface area contributed by atoms with Gasteiger partial charge in [-0.2, -0.15) is 11.3 Å². The van der Waals surface area contributed by atoms with E-state index in [4.69, 9.17) is 10.5 Å². The van der Waals surface area contributed by atoms with Crippen molar-refractivity contribution < 1.29 is 9.13 Å². The second kappa shape index (κ2) is 5.98. The van der Waals surface area contributed by atoms with E-state index >= 15 is 0 Å². The minimum atomic E-state index is -0.284. The number of rotatable bonds is 5. The molecule has 0 radical (unpaired) electrons. The predicted molar refractivity (Wildman–Crippen MR) is 72.4 cm³/mol. The zero-order valence-electron chi connectivity index (χ0n) is 10.2. The minimum Gasteiger partial charge on any atom is -0.489 e. The van der Waals surface area contributed by atoms with Crippen molar-refractivity contribution in [2.24, 2.45) is 5.73 Å². The molecule has 0 saturated carbocycles. The SMILES string of the molecule is CC(N)Cc1cc(F)cc(OCc2ccsc2)c1. The second-order valence-electron chi connectivity index (χ2n) is 4.40.